The molecule has 1 radical (unpaired) electrons. The van der Waals surface area contributed by atoms with Gasteiger partial charge in [-0.3, -0.25) is 20.2 Å². The van der Waals surface area contributed by atoms with E-state index in [0.717, 1.165) is 68.0 Å². The Hall–Kier alpha value is -6.59. The third-order valence-electron chi connectivity index (χ3n) is 8.53. The van der Waals surface area contributed by atoms with E-state index >= 15 is 0 Å². The number of phenols is 4. The third-order valence-corrected chi connectivity index (χ3v) is 8.53. The molecule has 0 bridgehead atoms. The Morgan fingerprint density at radius 3 is 1.42 bits per heavy atom. The molecule has 17 heteroatoms. The second kappa shape index (κ2) is 22.1. The van der Waals surface area contributed by atoms with Crippen molar-refractivity contribution in [3.63, 3.8) is 0 Å². The SMILES string of the molecule is CCCCCN(CC)c1ccc(N=Nc2cc([N+](=O)[O-])ccc2O)c(O)c1.CCN(Cc1ccccc1)c1ccc(N=Nc2cc([N+](=O)[O-])ccc2O)c(O)c1.[Co]. The van der Waals surface area contributed by atoms with Crippen molar-refractivity contribution in [3.05, 3.63) is 129 Å². The van der Waals surface area contributed by atoms with Gasteiger partial charge in [-0.25, -0.2) is 0 Å². The van der Waals surface area contributed by atoms with Gasteiger partial charge in [0, 0.05) is 90.7 Å². The van der Waals surface area contributed by atoms with Crippen molar-refractivity contribution >= 4 is 45.5 Å². The molecule has 0 fully saturated rings. The quantitative estimate of drug-likeness (QED) is 0.0319. The zero-order valence-corrected chi connectivity index (χ0v) is 32.6. The summed E-state index contributed by atoms with van der Waals surface area (Å²) in [5, 5.41) is 77.4. The molecular formula is C40H44CoN8O8. The molecule has 0 aliphatic rings. The predicted octanol–water partition coefficient (Wildman–Crippen LogP) is 10.9. The van der Waals surface area contributed by atoms with Crippen molar-refractivity contribution in [2.24, 2.45) is 20.5 Å². The van der Waals surface area contributed by atoms with Gasteiger partial charge in [-0.15, -0.1) is 20.5 Å². The van der Waals surface area contributed by atoms with Gasteiger partial charge in [0.05, 0.1) is 9.85 Å². The molecule has 5 aromatic carbocycles. The van der Waals surface area contributed by atoms with Crippen LogP contribution in [0.1, 0.15) is 45.6 Å². The number of unbranched alkanes of at least 4 members (excludes halogenated alkanes) is 2. The second-order valence-corrected chi connectivity index (χ2v) is 12.4. The van der Waals surface area contributed by atoms with Gasteiger partial charge in [0.1, 0.15) is 45.7 Å². The van der Waals surface area contributed by atoms with Crippen molar-refractivity contribution in [1.29, 1.82) is 0 Å². The summed E-state index contributed by atoms with van der Waals surface area (Å²) >= 11 is 0. The summed E-state index contributed by atoms with van der Waals surface area (Å²) in [4.78, 5) is 24.8. The summed E-state index contributed by atoms with van der Waals surface area (Å²) < 4.78 is 0. The van der Waals surface area contributed by atoms with Gasteiger partial charge >= 0.3 is 0 Å². The summed E-state index contributed by atoms with van der Waals surface area (Å²) in [6.45, 7) is 9.41. The standard InChI is InChI=1S/C21H20N4O4.C19H24N4O4.Co/c1-2-24(14-15-6-4-3-5-7-15)16-8-10-18(21(27)13-16)22-23-19-12-17(25(28)29)9-11-20(19)26;1-3-5-6-11-22(4-2)14-7-9-16(19(25)13-14)20-21-17-12-15(23(26)27)8-10-18(17)24;/h3-13,26-27H,2,14H2,1H3;7-10,12-13,24-25H,3-6,11H2,1-2H3;. The van der Waals surface area contributed by atoms with Crippen LogP contribution < -0.4 is 9.80 Å². The minimum absolute atomic E-state index is 0. The van der Waals surface area contributed by atoms with E-state index in [1.54, 1.807) is 24.3 Å². The van der Waals surface area contributed by atoms with Crippen molar-refractivity contribution in [3.8, 4) is 23.0 Å². The first kappa shape index (κ1) is 44.8. The maximum atomic E-state index is 10.9. The molecule has 4 N–H and O–H groups in total. The monoisotopic (exact) mass is 823 g/mol. The number of anilines is 2. The Bertz CT molecular complexity index is 2170. The minimum Gasteiger partial charge on any atom is -0.506 e. The first-order chi connectivity index (χ1) is 26.9. The topological polar surface area (TPSA) is 223 Å². The molecule has 0 aliphatic heterocycles. The molecule has 0 saturated heterocycles. The van der Waals surface area contributed by atoms with E-state index in [9.17, 15) is 40.7 Å². The fourth-order valence-electron chi connectivity index (χ4n) is 5.42. The Kier molecular flexibility index (Phi) is 17.4. The molecule has 301 valence electrons. The average Bonchev–Trinajstić information content (AvgIpc) is 3.19. The maximum Gasteiger partial charge on any atom is 0.271 e. The number of rotatable bonds is 16. The van der Waals surface area contributed by atoms with E-state index in [2.05, 4.69) is 44.1 Å². The number of hydrogen-bond donors (Lipinski definition) is 4. The number of phenolic OH excluding ortho intramolecular Hbond substituents is 4. The van der Waals surface area contributed by atoms with E-state index in [1.165, 1.54) is 24.3 Å². The van der Waals surface area contributed by atoms with Crippen molar-refractivity contribution < 1.29 is 47.1 Å². The Labute approximate surface area is 340 Å². The summed E-state index contributed by atoms with van der Waals surface area (Å²) in [6, 6.07) is 27.1. The van der Waals surface area contributed by atoms with Gasteiger partial charge in [0.2, 0.25) is 0 Å². The smallest absolute Gasteiger partial charge is 0.271 e. The van der Waals surface area contributed by atoms with Crippen LogP contribution >= 0.6 is 0 Å². The molecule has 0 spiro atoms. The van der Waals surface area contributed by atoms with Crippen LogP contribution in [0.25, 0.3) is 0 Å². The van der Waals surface area contributed by atoms with E-state index in [4.69, 9.17) is 0 Å². The molecule has 0 amide bonds. The number of nitro benzene ring substituents is 2. The van der Waals surface area contributed by atoms with Crippen molar-refractivity contribution in [2.75, 3.05) is 29.4 Å². The van der Waals surface area contributed by atoms with Crippen LogP contribution in [0.4, 0.5) is 45.5 Å². The number of benzene rings is 5. The zero-order valence-electron chi connectivity index (χ0n) is 31.6. The van der Waals surface area contributed by atoms with Crippen LogP contribution in [0.15, 0.2) is 124 Å². The number of aromatic hydroxyl groups is 4. The molecule has 57 heavy (non-hydrogen) atoms. The van der Waals surface area contributed by atoms with Crippen LogP contribution in [0, 0.1) is 20.2 Å². The Balaban J connectivity index is 0.000000301. The first-order valence-corrected chi connectivity index (χ1v) is 17.9. The van der Waals surface area contributed by atoms with E-state index in [-0.39, 0.29) is 73.9 Å². The van der Waals surface area contributed by atoms with Gasteiger partial charge < -0.3 is 30.2 Å². The Morgan fingerprint density at radius 2 is 1.00 bits per heavy atom. The molecule has 0 atom stereocenters. The molecule has 0 aliphatic carbocycles. The average molecular weight is 824 g/mol. The molecule has 0 aromatic heterocycles. The van der Waals surface area contributed by atoms with E-state index in [1.807, 2.05) is 49.4 Å². The molecule has 5 aromatic rings. The van der Waals surface area contributed by atoms with Crippen molar-refractivity contribution in [2.45, 2.75) is 46.6 Å². The maximum absolute atomic E-state index is 10.9. The molecular weight excluding hydrogens is 779 g/mol. The van der Waals surface area contributed by atoms with Gasteiger partial charge in [-0.05, 0) is 62.2 Å². The van der Waals surface area contributed by atoms with Crippen molar-refractivity contribution in [1.82, 2.24) is 0 Å². The fourth-order valence-corrected chi connectivity index (χ4v) is 5.42. The number of nitro groups is 2. The summed E-state index contributed by atoms with van der Waals surface area (Å²) in [6.07, 6.45) is 3.38. The van der Waals surface area contributed by atoms with Gasteiger partial charge in [0.25, 0.3) is 11.4 Å². The van der Waals surface area contributed by atoms with E-state index in [0.29, 0.717) is 6.54 Å². The van der Waals surface area contributed by atoms with Gasteiger partial charge in [-0.1, -0.05) is 50.1 Å². The zero-order chi connectivity index (χ0) is 40.6. The van der Waals surface area contributed by atoms with Crippen LogP contribution in [-0.4, -0.2) is 49.9 Å². The van der Waals surface area contributed by atoms with Crippen LogP contribution in [0.2, 0.25) is 0 Å². The number of non-ortho nitro benzene ring substituents is 2. The van der Waals surface area contributed by atoms with E-state index < -0.39 is 9.85 Å². The Morgan fingerprint density at radius 1 is 0.544 bits per heavy atom. The minimum atomic E-state index is -0.587. The third kappa shape index (κ3) is 13.0. The second-order valence-electron chi connectivity index (χ2n) is 12.4. The fraction of sp³-hybridized carbons (Fsp3) is 0.250. The first-order valence-electron chi connectivity index (χ1n) is 17.9. The predicted molar refractivity (Wildman–Crippen MR) is 215 cm³/mol. The molecule has 0 heterocycles. The molecule has 5 rings (SSSR count). The summed E-state index contributed by atoms with van der Waals surface area (Å²) in [7, 11) is 0. The molecule has 0 saturated carbocycles. The number of hydrogen-bond acceptors (Lipinski definition) is 14. The van der Waals surface area contributed by atoms with Crippen LogP contribution in [0.3, 0.4) is 0 Å². The largest absolute Gasteiger partial charge is 0.506 e. The van der Waals surface area contributed by atoms with Crippen LogP contribution in [0.5, 0.6) is 23.0 Å². The number of nitrogens with zero attached hydrogens (tertiary/aromatic N) is 8. The van der Waals surface area contributed by atoms with Gasteiger partial charge in [0.15, 0.2) is 0 Å². The van der Waals surface area contributed by atoms with Crippen LogP contribution in [-0.2, 0) is 23.3 Å². The summed E-state index contributed by atoms with van der Waals surface area (Å²) in [5.74, 6) is -0.596. The molecule has 0 unspecified atom stereocenters. The normalized spacial score (nSPS) is 10.8. The number of azo groups is 2. The molecule has 16 nitrogen and oxygen atoms in total. The summed E-state index contributed by atoms with van der Waals surface area (Å²) in [5.41, 5.74) is 2.77. The van der Waals surface area contributed by atoms with Gasteiger partial charge in [-0.2, -0.15) is 0 Å².